The second-order valence-corrected chi connectivity index (χ2v) is 10.2. The zero-order chi connectivity index (χ0) is 22.5. The minimum Gasteiger partial charge on any atom is -0.388 e. The van der Waals surface area contributed by atoms with Crippen molar-refractivity contribution in [3.63, 3.8) is 0 Å². The van der Waals surface area contributed by atoms with Crippen LogP contribution < -0.4 is 5.32 Å². The number of rotatable bonds is 2. The highest BCUT2D eigenvalue weighted by atomic mass is 16.3. The van der Waals surface area contributed by atoms with E-state index in [1.165, 1.54) is 22.3 Å². The van der Waals surface area contributed by atoms with E-state index in [9.17, 15) is 15.0 Å². The van der Waals surface area contributed by atoms with Crippen LogP contribution in [0.1, 0.15) is 63.4 Å². The largest absolute Gasteiger partial charge is 0.388 e. The lowest BCUT2D eigenvalue weighted by atomic mass is 9.51. The SMILES string of the molecule is CNc1ccc([C@H]2C[C@@]3(C)[C@@H](CC[C@@]3(O)C#CCO)[C@@H]3CCC4=CC(=O)CCC4=C32)cc1. The van der Waals surface area contributed by atoms with Gasteiger partial charge in [0, 0.05) is 30.5 Å². The normalized spacial score (nSPS) is 35.8. The molecule has 0 amide bonds. The molecule has 4 aliphatic rings. The first-order valence-electron chi connectivity index (χ1n) is 12.0. The van der Waals surface area contributed by atoms with E-state index in [1.54, 1.807) is 0 Å². The van der Waals surface area contributed by atoms with E-state index in [1.807, 2.05) is 13.1 Å². The fraction of sp³-hybridized carbons (Fsp3) is 0.536. The molecule has 1 aromatic rings. The number of hydrogen-bond donors (Lipinski definition) is 3. The monoisotopic (exact) mass is 431 g/mol. The van der Waals surface area contributed by atoms with E-state index in [-0.39, 0.29) is 23.7 Å². The molecule has 32 heavy (non-hydrogen) atoms. The van der Waals surface area contributed by atoms with Crippen molar-refractivity contribution in [1.29, 1.82) is 0 Å². The first-order chi connectivity index (χ1) is 15.4. The summed E-state index contributed by atoms with van der Waals surface area (Å²) in [7, 11) is 1.93. The summed E-state index contributed by atoms with van der Waals surface area (Å²) in [6.45, 7) is 2.00. The quantitative estimate of drug-likeness (QED) is 0.609. The maximum absolute atomic E-state index is 12.1. The standard InChI is InChI=1S/C28H33NO3/c1-27-17-24(18-4-7-20(29-2)8-5-18)26-22-11-9-21(31)16-19(22)6-10-23(26)25(27)12-14-28(27,32)13-3-15-30/h4-5,7-8,16,23-25,29-30,32H,6,9-12,14-15,17H2,1-2H3/t23-,24+,25-,27-,28-/m0/s1. The third kappa shape index (κ3) is 3.17. The molecule has 3 N–H and O–H groups in total. The number of fused-ring (bicyclic) bond motifs is 4. The van der Waals surface area contributed by atoms with Crippen LogP contribution >= 0.6 is 0 Å². The van der Waals surface area contributed by atoms with Crippen molar-refractivity contribution >= 4 is 11.5 Å². The van der Waals surface area contributed by atoms with E-state index in [2.05, 4.69) is 48.3 Å². The Bertz CT molecular complexity index is 1060. The topological polar surface area (TPSA) is 69.6 Å². The zero-order valence-corrected chi connectivity index (χ0v) is 19.1. The second-order valence-electron chi connectivity index (χ2n) is 10.2. The van der Waals surface area contributed by atoms with E-state index in [4.69, 9.17) is 0 Å². The Labute approximate surface area is 190 Å². The summed E-state index contributed by atoms with van der Waals surface area (Å²) in [6.07, 6.45) is 7.79. The molecule has 5 rings (SSSR count). The average molecular weight is 432 g/mol. The van der Waals surface area contributed by atoms with Gasteiger partial charge in [-0.15, -0.1) is 0 Å². The molecular weight excluding hydrogens is 398 g/mol. The number of aliphatic hydroxyl groups is 2. The van der Waals surface area contributed by atoms with Gasteiger partial charge in [0.25, 0.3) is 0 Å². The van der Waals surface area contributed by atoms with Crippen LogP contribution in [-0.2, 0) is 4.79 Å². The smallest absolute Gasteiger partial charge is 0.156 e. The Balaban J connectivity index is 1.66. The molecule has 0 bridgehead atoms. The number of carbonyl (C=O) groups is 1. The number of ketones is 1. The summed E-state index contributed by atoms with van der Waals surface area (Å²) < 4.78 is 0. The predicted molar refractivity (Wildman–Crippen MR) is 126 cm³/mol. The third-order valence-corrected chi connectivity index (χ3v) is 8.86. The number of aliphatic hydroxyl groups excluding tert-OH is 1. The molecule has 168 valence electrons. The fourth-order valence-electron chi connectivity index (χ4n) is 7.24. The number of anilines is 1. The Morgan fingerprint density at radius 3 is 2.66 bits per heavy atom. The highest BCUT2D eigenvalue weighted by Crippen LogP contribution is 2.66. The van der Waals surface area contributed by atoms with E-state index in [0.29, 0.717) is 24.7 Å². The molecule has 4 aliphatic carbocycles. The maximum Gasteiger partial charge on any atom is 0.156 e. The first-order valence-corrected chi connectivity index (χ1v) is 12.0. The Morgan fingerprint density at radius 1 is 1.16 bits per heavy atom. The van der Waals surface area contributed by atoms with Crippen molar-refractivity contribution in [3.05, 3.63) is 52.6 Å². The summed E-state index contributed by atoms with van der Waals surface area (Å²) in [5.74, 6) is 7.08. The van der Waals surface area contributed by atoms with E-state index in [0.717, 1.165) is 37.8 Å². The molecule has 4 nitrogen and oxygen atoms in total. The lowest BCUT2D eigenvalue weighted by Crippen LogP contribution is -2.51. The van der Waals surface area contributed by atoms with Gasteiger partial charge in [0.15, 0.2) is 5.78 Å². The minimum atomic E-state index is -1.07. The number of hydrogen-bond acceptors (Lipinski definition) is 4. The second kappa shape index (κ2) is 7.90. The van der Waals surface area contributed by atoms with Gasteiger partial charge in [-0.2, -0.15) is 0 Å². The van der Waals surface area contributed by atoms with Crippen LogP contribution in [0.4, 0.5) is 5.69 Å². The lowest BCUT2D eigenvalue weighted by molar-refractivity contribution is -0.114. The van der Waals surface area contributed by atoms with Gasteiger partial charge in [0.2, 0.25) is 0 Å². The number of nitrogens with one attached hydrogen (secondary N) is 1. The molecule has 0 aromatic heterocycles. The Kier molecular flexibility index (Phi) is 5.31. The van der Waals surface area contributed by atoms with Crippen LogP contribution in [0.5, 0.6) is 0 Å². The van der Waals surface area contributed by atoms with Crippen molar-refractivity contribution in [3.8, 4) is 11.8 Å². The van der Waals surface area contributed by atoms with E-state index >= 15 is 0 Å². The van der Waals surface area contributed by atoms with Crippen LogP contribution in [-0.4, -0.2) is 35.3 Å². The summed E-state index contributed by atoms with van der Waals surface area (Å²) in [5, 5.41) is 24.2. The van der Waals surface area contributed by atoms with Crippen LogP contribution in [0.2, 0.25) is 0 Å². The summed E-state index contributed by atoms with van der Waals surface area (Å²) >= 11 is 0. The van der Waals surface area contributed by atoms with Crippen LogP contribution in [0.25, 0.3) is 0 Å². The van der Waals surface area contributed by atoms with Gasteiger partial charge in [-0.05, 0) is 85.3 Å². The molecule has 0 radical (unpaired) electrons. The molecule has 0 aliphatic heterocycles. The third-order valence-electron chi connectivity index (χ3n) is 8.86. The van der Waals surface area contributed by atoms with Crippen molar-refractivity contribution in [2.24, 2.45) is 17.3 Å². The van der Waals surface area contributed by atoms with Gasteiger partial charge in [-0.1, -0.05) is 36.5 Å². The maximum atomic E-state index is 12.1. The zero-order valence-electron chi connectivity index (χ0n) is 19.1. The molecule has 4 heteroatoms. The van der Waals surface area contributed by atoms with Crippen molar-refractivity contribution < 1.29 is 15.0 Å². The molecule has 0 heterocycles. The molecule has 1 aromatic carbocycles. The Morgan fingerprint density at radius 2 is 1.94 bits per heavy atom. The summed E-state index contributed by atoms with van der Waals surface area (Å²) in [5.41, 5.74) is 5.15. The van der Waals surface area contributed by atoms with Gasteiger partial charge in [0.1, 0.15) is 12.2 Å². The molecule has 0 spiro atoms. The van der Waals surface area contributed by atoms with Gasteiger partial charge < -0.3 is 15.5 Å². The van der Waals surface area contributed by atoms with Gasteiger partial charge in [-0.3, -0.25) is 4.79 Å². The number of allylic oxidation sites excluding steroid dienone is 4. The highest BCUT2D eigenvalue weighted by molar-refractivity contribution is 5.93. The van der Waals surface area contributed by atoms with E-state index < -0.39 is 5.60 Å². The predicted octanol–water partition coefficient (Wildman–Crippen LogP) is 4.35. The van der Waals surface area contributed by atoms with Gasteiger partial charge in [-0.25, -0.2) is 0 Å². The van der Waals surface area contributed by atoms with Crippen LogP contribution in [0.15, 0.2) is 47.1 Å². The number of carbonyl (C=O) groups excluding carboxylic acids is 1. The molecule has 2 fully saturated rings. The molecule has 2 saturated carbocycles. The Hall–Kier alpha value is -2.35. The lowest BCUT2D eigenvalue weighted by Gasteiger charge is -2.53. The van der Waals surface area contributed by atoms with Crippen LogP contribution in [0.3, 0.4) is 0 Å². The van der Waals surface area contributed by atoms with Crippen molar-refractivity contribution in [1.82, 2.24) is 0 Å². The first kappa shape index (κ1) is 21.5. The molecule has 5 atom stereocenters. The van der Waals surface area contributed by atoms with Gasteiger partial charge >= 0.3 is 0 Å². The molecular formula is C28H33NO3. The average Bonchev–Trinajstić information content (AvgIpc) is 3.07. The summed E-state index contributed by atoms with van der Waals surface area (Å²) in [6, 6.07) is 8.68. The van der Waals surface area contributed by atoms with Gasteiger partial charge in [0.05, 0.1) is 0 Å². The minimum absolute atomic E-state index is 0.208. The van der Waals surface area contributed by atoms with Crippen LogP contribution in [0, 0.1) is 29.1 Å². The van der Waals surface area contributed by atoms with Crippen molar-refractivity contribution in [2.45, 2.75) is 63.4 Å². The summed E-state index contributed by atoms with van der Waals surface area (Å²) in [4.78, 5) is 12.1. The fourth-order valence-corrected chi connectivity index (χ4v) is 7.24. The number of benzene rings is 1. The molecule has 0 saturated heterocycles. The molecule has 0 unspecified atom stereocenters. The highest BCUT2D eigenvalue weighted by Gasteiger charge is 2.62. The van der Waals surface area contributed by atoms with Crippen molar-refractivity contribution in [2.75, 3.05) is 19.0 Å².